The number of anilines is 1. The van der Waals surface area contributed by atoms with E-state index in [1.54, 1.807) is 0 Å². The van der Waals surface area contributed by atoms with Gasteiger partial charge in [-0.2, -0.15) is 0 Å². The fourth-order valence-electron chi connectivity index (χ4n) is 1.79. The van der Waals surface area contributed by atoms with E-state index in [1.165, 1.54) is 0 Å². The van der Waals surface area contributed by atoms with E-state index in [0.29, 0.717) is 12.0 Å². The highest BCUT2D eigenvalue weighted by Gasteiger charge is 2.15. The molecule has 0 radical (unpaired) electrons. The van der Waals surface area contributed by atoms with Gasteiger partial charge in [-0.1, -0.05) is 6.92 Å². The molecule has 0 amide bonds. The highest BCUT2D eigenvalue weighted by molar-refractivity contribution is 6.33. The maximum Gasteiger partial charge on any atom is 0.180 e. The molecule has 0 aliphatic carbocycles. The van der Waals surface area contributed by atoms with Crippen LogP contribution >= 0.6 is 11.6 Å². The van der Waals surface area contributed by atoms with Gasteiger partial charge in [-0.15, -0.1) is 11.6 Å². The Morgan fingerprint density at radius 3 is 2.12 bits per heavy atom. The Bertz CT molecular complexity index is 357. The van der Waals surface area contributed by atoms with Crippen molar-refractivity contribution in [2.24, 2.45) is 0 Å². The molecule has 2 nitrogen and oxygen atoms in total. The zero-order valence-electron chi connectivity index (χ0n) is 10.7. The third-order valence-electron chi connectivity index (χ3n) is 2.92. The minimum absolute atomic E-state index is 0.0141. The number of halogens is 1. The van der Waals surface area contributed by atoms with Crippen molar-refractivity contribution in [2.75, 3.05) is 18.0 Å². The van der Waals surface area contributed by atoms with Crippen LogP contribution in [-0.4, -0.2) is 24.2 Å². The van der Waals surface area contributed by atoms with Gasteiger partial charge in [-0.25, -0.2) is 0 Å². The predicted molar refractivity (Wildman–Crippen MR) is 74.3 cm³/mol. The second-order valence-electron chi connectivity index (χ2n) is 3.96. The summed E-state index contributed by atoms with van der Waals surface area (Å²) >= 11 is 5.95. The highest BCUT2D eigenvalue weighted by Crippen LogP contribution is 2.17. The molecule has 0 bridgehead atoms. The summed E-state index contributed by atoms with van der Waals surface area (Å²) in [6, 6.07) is 7.70. The average Bonchev–Trinajstić information content (AvgIpc) is 2.39. The van der Waals surface area contributed by atoms with Crippen molar-refractivity contribution in [3.8, 4) is 0 Å². The summed E-state index contributed by atoms with van der Waals surface area (Å²) in [4.78, 5) is 14.1. The Balaban J connectivity index is 2.84. The van der Waals surface area contributed by atoms with Gasteiger partial charge in [0.05, 0.1) is 5.38 Å². The monoisotopic (exact) mass is 253 g/mol. The standard InChI is InChI=1S/C14H20ClNO/c1-4-13(15)14(17)11-7-9-12(10-8-11)16(5-2)6-3/h7-10,13H,4-6H2,1-3H3. The van der Waals surface area contributed by atoms with Gasteiger partial charge >= 0.3 is 0 Å². The number of alkyl halides is 1. The van der Waals surface area contributed by atoms with Crippen LogP contribution in [0.15, 0.2) is 24.3 Å². The summed E-state index contributed by atoms with van der Waals surface area (Å²) in [6.45, 7) is 8.09. The lowest BCUT2D eigenvalue weighted by Crippen LogP contribution is -2.22. The summed E-state index contributed by atoms with van der Waals surface area (Å²) in [7, 11) is 0. The van der Waals surface area contributed by atoms with Gasteiger partial charge in [0.25, 0.3) is 0 Å². The van der Waals surface area contributed by atoms with Crippen molar-refractivity contribution >= 4 is 23.1 Å². The molecule has 1 unspecified atom stereocenters. The summed E-state index contributed by atoms with van der Waals surface area (Å²) in [5, 5.41) is -0.408. The molecule has 0 saturated heterocycles. The van der Waals surface area contributed by atoms with E-state index in [-0.39, 0.29) is 5.78 Å². The Labute approximate surface area is 109 Å². The minimum atomic E-state index is -0.408. The summed E-state index contributed by atoms with van der Waals surface area (Å²) in [6.07, 6.45) is 0.665. The second-order valence-corrected chi connectivity index (χ2v) is 4.49. The van der Waals surface area contributed by atoms with Crippen molar-refractivity contribution in [2.45, 2.75) is 32.6 Å². The van der Waals surface area contributed by atoms with E-state index in [4.69, 9.17) is 11.6 Å². The lowest BCUT2D eigenvalue weighted by Gasteiger charge is -2.21. The van der Waals surface area contributed by atoms with Gasteiger partial charge in [0.15, 0.2) is 5.78 Å². The molecule has 17 heavy (non-hydrogen) atoms. The molecule has 94 valence electrons. The average molecular weight is 254 g/mol. The third-order valence-corrected chi connectivity index (χ3v) is 3.43. The van der Waals surface area contributed by atoms with Crippen molar-refractivity contribution in [3.63, 3.8) is 0 Å². The smallest absolute Gasteiger partial charge is 0.180 e. The quantitative estimate of drug-likeness (QED) is 0.569. The highest BCUT2D eigenvalue weighted by atomic mass is 35.5. The zero-order chi connectivity index (χ0) is 12.8. The topological polar surface area (TPSA) is 20.3 Å². The first-order valence-electron chi connectivity index (χ1n) is 6.17. The number of ketones is 1. The number of benzene rings is 1. The Kier molecular flexibility index (Phi) is 5.49. The number of hydrogen-bond acceptors (Lipinski definition) is 2. The van der Waals surface area contributed by atoms with Gasteiger partial charge in [0.2, 0.25) is 0 Å². The molecule has 1 rings (SSSR count). The first kappa shape index (κ1) is 14.0. The normalized spacial score (nSPS) is 12.2. The number of hydrogen-bond donors (Lipinski definition) is 0. The maximum absolute atomic E-state index is 11.9. The SMILES string of the molecule is CCC(Cl)C(=O)c1ccc(N(CC)CC)cc1. The van der Waals surface area contributed by atoms with Crippen molar-refractivity contribution in [1.29, 1.82) is 0 Å². The van der Waals surface area contributed by atoms with E-state index in [0.717, 1.165) is 18.8 Å². The Morgan fingerprint density at radius 1 is 1.18 bits per heavy atom. The molecule has 0 saturated carbocycles. The van der Waals surface area contributed by atoms with E-state index in [9.17, 15) is 4.79 Å². The van der Waals surface area contributed by atoms with Gasteiger partial charge in [-0.3, -0.25) is 4.79 Å². The molecule has 0 spiro atoms. The first-order valence-corrected chi connectivity index (χ1v) is 6.60. The summed E-state index contributed by atoms with van der Waals surface area (Å²) < 4.78 is 0. The molecular formula is C14H20ClNO. The van der Waals surface area contributed by atoms with Crippen LogP contribution in [0.5, 0.6) is 0 Å². The van der Waals surface area contributed by atoms with E-state index in [2.05, 4.69) is 18.7 Å². The van der Waals surface area contributed by atoms with Crippen LogP contribution in [0.3, 0.4) is 0 Å². The molecule has 0 N–H and O–H groups in total. The minimum Gasteiger partial charge on any atom is -0.372 e. The molecule has 0 aromatic heterocycles. The first-order chi connectivity index (χ1) is 8.13. The molecule has 0 heterocycles. The number of nitrogens with zero attached hydrogens (tertiary/aromatic N) is 1. The van der Waals surface area contributed by atoms with Crippen LogP contribution in [0.2, 0.25) is 0 Å². The molecule has 0 aliphatic heterocycles. The number of carbonyl (C=O) groups excluding carboxylic acids is 1. The van der Waals surface area contributed by atoms with Crippen LogP contribution in [0.25, 0.3) is 0 Å². The van der Waals surface area contributed by atoms with Crippen LogP contribution in [0.4, 0.5) is 5.69 Å². The number of Topliss-reactive ketones (excluding diaryl/α,β-unsaturated/α-hetero) is 1. The fourth-order valence-corrected chi connectivity index (χ4v) is 1.92. The van der Waals surface area contributed by atoms with Crippen LogP contribution in [0, 0.1) is 0 Å². The lowest BCUT2D eigenvalue weighted by molar-refractivity contribution is 0.0985. The summed E-state index contributed by atoms with van der Waals surface area (Å²) in [5.41, 5.74) is 1.84. The van der Waals surface area contributed by atoms with Gasteiger partial charge in [0, 0.05) is 24.3 Å². The van der Waals surface area contributed by atoms with E-state index in [1.807, 2.05) is 31.2 Å². The van der Waals surface area contributed by atoms with Crippen molar-refractivity contribution in [3.05, 3.63) is 29.8 Å². The molecular weight excluding hydrogens is 234 g/mol. The molecule has 0 fully saturated rings. The van der Waals surface area contributed by atoms with Gasteiger partial charge in [-0.05, 0) is 44.5 Å². The van der Waals surface area contributed by atoms with Crippen LogP contribution < -0.4 is 4.90 Å². The van der Waals surface area contributed by atoms with Crippen molar-refractivity contribution < 1.29 is 4.79 Å². The maximum atomic E-state index is 11.9. The van der Waals surface area contributed by atoms with Gasteiger partial charge in [0.1, 0.15) is 0 Å². The number of rotatable bonds is 6. The molecule has 0 aliphatic rings. The fraction of sp³-hybridized carbons (Fsp3) is 0.500. The lowest BCUT2D eigenvalue weighted by atomic mass is 10.1. The zero-order valence-corrected chi connectivity index (χ0v) is 11.5. The van der Waals surface area contributed by atoms with Gasteiger partial charge < -0.3 is 4.90 Å². The predicted octanol–water partition coefficient (Wildman–Crippen LogP) is 3.73. The molecule has 1 aromatic carbocycles. The summed E-state index contributed by atoms with van der Waals surface area (Å²) in [5.74, 6) is 0.0141. The molecule has 3 heteroatoms. The van der Waals surface area contributed by atoms with Crippen LogP contribution in [0.1, 0.15) is 37.6 Å². The number of carbonyl (C=O) groups is 1. The third kappa shape index (κ3) is 3.47. The Morgan fingerprint density at radius 2 is 1.71 bits per heavy atom. The largest absolute Gasteiger partial charge is 0.372 e. The van der Waals surface area contributed by atoms with Crippen LogP contribution in [-0.2, 0) is 0 Å². The second kappa shape index (κ2) is 6.65. The molecule has 1 atom stereocenters. The Hall–Kier alpha value is -1.02. The van der Waals surface area contributed by atoms with E-state index < -0.39 is 5.38 Å². The van der Waals surface area contributed by atoms with Crippen molar-refractivity contribution in [1.82, 2.24) is 0 Å². The molecule has 1 aromatic rings. The van der Waals surface area contributed by atoms with E-state index >= 15 is 0 Å².